The highest BCUT2D eigenvalue weighted by Crippen LogP contribution is 2.11. The van der Waals surface area contributed by atoms with E-state index in [4.69, 9.17) is 0 Å². The van der Waals surface area contributed by atoms with Gasteiger partial charge in [-0.25, -0.2) is 9.97 Å². The van der Waals surface area contributed by atoms with E-state index in [1.165, 1.54) is 0 Å². The van der Waals surface area contributed by atoms with Gasteiger partial charge in [0.2, 0.25) is 0 Å². The van der Waals surface area contributed by atoms with Crippen LogP contribution < -0.4 is 10.6 Å². The van der Waals surface area contributed by atoms with Crippen LogP contribution in [0.2, 0.25) is 0 Å². The number of nitrogens with one attached hydrogen (secondary N) is 2. The van der Waals surface area contributed by atoms with E-state index in [2.05, 4.69) is 34.4 Å². The quantitative estimate of drug-likeness (QED) is 0.777. The van der Waals surface area contributed by atoms with Crippen LogP contribution in [0.25, 0.3) is 0 Å². The van der Waals surface area contributed by atoms with Crippen molar-refractivity contribution in [3.8, 4) is 0 Å². The Hall–Kier alpha value is -1.65. The molecule has 0 aliphatic heterocycles. The van der Waals surface area contributed by atoms with Crippen LogP contribution in [0.15, 0.2) is 6.07 Å². The molecule has 0 saturated heterocycles. The Kier molecular flexibility index (Phi) is 5.55. The highest BCUT2D eigenvalue weighted by molar-refractivity contribution is 5.80. The van der Waals surface area contributed by atoms with E-state index in [1.54, 1.807) is 6.92 Å². The smallest absolute Gasteiger partial charge is 0.148 e. The number of aryl methyl sites for hydroxylation is 1. The Morgan fingerprint density at radius 1 is 1.28 bits per heavy atom. The molecule has 0 radical (unpaired) electrons. The summed E-state index contributed by atoms with van der Waals surface area (Å²) in [6, 6.07) is 1.83. The number of anilines is 2. The van der Waals surface area contributed by atoms with E-state index in [0.717, 1.165) is 18.8 Å². The van der Waals surface area contributed by atoms with Gasteiger partial charge in [0, 0.05) is 12.6 Å². The maximum Gasteiger partial charge on any atom is 0.148 e. The number of carbonyl (C=O) groups excluding carboxylic acids is 1. The highest BCUT2D eigenvalue weighted by Gasteiger charge is 2.02. The lowest BCUT2D eigenvalue weighted by atomic mass is 10.1. The van der Waals surface area contributed by atoms with Gasteiger partial charge in [0.05, 0.1) is 6.54 Å². The average Bonchev–Trinajstić information content (AvgIpc) is 2.25. The molecular weight excluding hydrogens is 228 g/mol. The third-order valence-corrected chi connectivity index (χ3v) is 2.38. The summed E-state index contributed by atoms with van der Waals surface area (Å²) in [4.78, 5) is 19.5. The first-order chi connectivity index (χ1) is 8.47. The Labute approximate surface area is 108 Å². The normalized spacial score (nSPS) is 10.5. The van der Waals surface area contributed by atoms with Crippen LogP contribution in [-0.4, -0.2) is 28.8 Å². The lowest BCUT2D eigenvalue weighted by Gasteiger charge is -2.10. The van der Waals surface area contributed by atoms with Crippen molar-refractivity contribution in [2.75, 3.05) is 23.7 Å². The molecule has 18 heavy (non-hydrogen) atoms. The molecule has 5 heteroatoms. The second-order valence-electron chi connectivity index (χ2n) is 4.85. The lowest BCUT2D eigenvalue weighted by molar-refractivity contribution is -0.115. The number of hydrogen-bond donors (Lipinski definition) is 2. The molecule has 0 aliphatic carbocycles. The van der Waals surface area contributed by atoms with Crippen LogP contribution >= 0.6 is 0 Å². The molecule has 1 heterocycles. The summed E-state index contributed by atoms with van der Waals surface area (Å²) in [6.45, 7) is 8.94. The highest BCUT2D eigenvalue weighted by atomic mass is 16.1. The monoisotopic (exact) mass is 250 g/mol. The minimum Gasteiger partial charge on any atom is -0.370 e. The Morgan fingerprint density at radius 2 is 1.89 bits per heavy atom. The van der Waals surface area contributed by atoms with E-state index in [1.807, 2.05) is 13.0 Å². The summed E-state index contributed by atoms with van der Waals surface area (Å²) in [5.74, 6) is 2.92. The third-order valence-electron chi connectivity index (χ3n) is 2.38. The van der Waals surface area contributed by atoms with Gasteiger partial charge in [0.1, 0.15) is 23.2 Å². The zero-order chi connectivity index (χ0) is 13.5. The molecule has 1 aromatic heterocycles. The molecule has 100 valence electrons. The molecule has 0 fully saturated rings. The molecule has 0 aliphatic rings. The van der Waals surface area contributed by atoms with Crippen molar-refractivity contribution in [2.24, 2.45) is 5.92 Å². The molecule has 0 bridgehead atoms. The topological polar surface area (TPSA) is 66.9 Å². The minimum atomic E-state index is 0.0839. The van der Waals surface area contributed by atoms with E-state index in [9.17, 15) is 4.79 Å². The fourth-order valence-corrected chi connectivity index (χ4v) is 1.45. The van der Waals surface area contributed by atoms with Gasteiger partial charge in [-0.3, -0.25) is 4.79 Å². The molecule has 0 unspecified atom stereocenters. The van der Waals surface area contributed by atoms with Crippen LogP contribution in [0.3, 0.4) is 0 Å². The second-order valence-corrected chi connectivity index (χ2v) is 4.85. The Balaban J connectivity index is 2.59. The molecule has 5 nitrogen and oxygen atoms in total. The predicted molar refractivity (Wildman–Crippen MR) is 73.9 cm³/mol. The van der Waals surface area contributed by atoms with Gasteiger partial charge in [-0.2, -0.15) is 0 Å². The van der Waals surface area contributed by atoms with Gasteiger partial charge in [-0.1, -0.05) is 13.8 Å². The van der Waals surface area contributed by atoms with Crippen molar-refractivity contribution in [1.29, 1.82) is 0 Å². The molecule has 2 N–H and O–H groups in total. The summed E-state index contributed by atoms with van der Waals surface area (Å²) in [5.41, 5.74) is 0. The molecule has 0 amide bonds. The summed E-state index contributed by atoms with van der Waals surface area (Å²) in [5, 5.41) is 6.25. The first-order valence-corrected chi connectivity index (χ1v) is 6.30. The number of nitrogens with zero attached hydrogens (tertiary/aromatic N) is 2. The van der Waals surface area contributed by atoms with Crippen molar-refractivity contribution >= 4 is 17.4 Å². The van der Waals surface area contributed by atoms with Gasteiger partial charge in [-0.15, -0.1) is 0 Å². The van der Waals surface area contributed by atoms with Crippen molar-refractivity contribution in [2.45, 2.75) is 34.1 Å². The summed E-state index contributed by atoms with van der Waals surface area (Å²) < 4.78 is 0. The first-order valence-electron chi connectivity index (χ1n) is 6.30. The summed E-state index contributed by atoms with van der Waals surface area (Å²) >= 11 is 0. The Bertz CT molecular complexity index is 404. The van der Waals surface area contributed by atoms with Crippen LogP contribution in [0.4, 0.5) is 11.6 Å². The number of Topliss-reactive ketones (excluding diaryl/α,β-unsaturated/α-hetero) is 1. The van der Waals surface area contributed by atoms with Crippen LogP contribution in [0.1, 0.15) is 33.0 Å². The SMILES string of the molecule is CC(=O)CNc1cc(NCCC(C)C)nc(C)n1. The number of aromatic nitrogens is 2. The zero-order valence-electron chi connectivity index (χ0n) is 11.6. The van der Waals surface area contributed by atoms with Gasteiger partial charge < -0.3 is 10.6 Å². The van der Waals surface area contributed by atoms with E-state index in [-0.39, 0.29) is 5.78 Å². The standard InChI is InChI=1S/C13H22N4O/c1-9(2)5-6-14-12-7-13(15-8-10(3)18)17-11(4)16-12/h7,9H,5-6,8H2,1-4H3,(H2,14,15,16,17). The van der Waals surface area contributed by atoms with E-state index < -0.39 is 0 Å². The zero-order valence-corrected chi connectivity index (χ0v) is 11.6. The lowest BCUT2D eigenvalue weighted by Crippen LogP contribution is -2.13. The van der Waals surface area contributed by atoms with Crippen molar-refractivity contribution in [3.63, 3.8) is 0 Å². The molecule has 0 aromatic carbocycles. The van der Waals surface area contributed by atoms with E-state index in [0.29, 0.717) is 24.1 Å². The number of hydrogen-bond acceptors (Lipinski definition) is 5. The van der Waals surface area contributed by atoms with Crippen molar-refractivity contribution in [1.82, 2.24) is 9.97 Å². The first kappa shape index (κ1) is 14.4. The molecular formula is C13H22N4O. The van der Waals surface area contributed by atoms with Crippen LogP contribution in [0, 0.1) is 12.8 Å². The van der Waals surface area contributed by atoms with Gasteiger partial charge in [0.25, 0.3) is 0 Å². The molecule has 0 saturated carbocycles. The predicted octanol–water partition coefficient (Wildman–Crippen LogP) is 2.24. The molecule has 0 spiro atoms. The van der Waals surface area contributed by atoms with E-state index >= 15 is 0 Å². The summed E-state index contributed by atoms with van der Waals surface area (Å²) in [7, 11) is 0. The largest absolute Gasteiger partial charge is 0.370 e. The fraction of sp³-hybridized carbons (Fsp3) is 0.615. The fourth-order valence-electron chi connectivity index (χ4n) is 1.45. The third kappa shape index (κ3) is 5.61. The molecule has 1 aromatic rings. The van der Waals surface area contributed by atoms with Gasteiger partial charge in [0.15, 0.2) is 0 Å². The second kappa shape index (κ2) is 6.93. The maximum absolute atomic E-state index is 10.9. The van der Waals surface area contributed by atoms with Crippen molar-refractivity contribution in [3.05, 3.63) is 11.9 Å². The molecule has 0 atom stereocenters. The van der Waals surface area contributed by atoms with Crippen molar-refractivity contribution < 1.29 is 4.79 Å². The number of rotatable bonds is 7. The van der Waals surface area contributed by atoms with Crippen LogP contribution in [-0.2, 0) is 4.79 Å². The Morgan fingerprint density at radius 3 is 2.44 bits per heavy atom. The number of carbonyl (C=O) groups is 1. The number of ketones is 1. The summed E-state index contributed by atoms with van der Waals surface area (Å²) in [6.07, 6.45) is 1.10. The average molecular weight is 250 g/mol. The molecule has 1 rings (SSSR count). The minimum absolute atomic E-state index is 0.0839. The maximum atomic E-state index is 10.9. The van der Waals surface area contributed by atoms with Gasteiger partial charge in [-0.05, 0) is 26.2 Å². The van der Waals surface area contributed by atoms with Crippen LogP contribution in [0.5, 0.6) is 0 Å². The van der Waals surface area contributed by atoms with Gasteiger partial charge >= 0.3 is 0 Å².